The van der Waals surface area contributed by atoms with Gasteiger partial charge in [-0.1, -0.05) is 0 Å². The molecule has 2 fully saturated rings. The van der Waals surface area contributed by atoms with E-state index in [1.165, 1.54) is 0 Å². The first kappa shape index (κ1) is 18.3. The van der Waals surface area contributed by atoms with Crippen molar-refractivity contribution in [1.29, 1.82) is 0 Å². The normalized spacial score (nSPS) is 23.4. The smallest absolute Gasteiger partial charge is 0.274 e. The number of carbonyl (C=O) groups excluding carboxylic acids is 2. The minimum atomic E-state index is -0.196. The third-order valence-electron chi connectivity index (χ3n) is 7.18. The van der Waals surface area contributed by atoms with Crippen molar-refractivity contribution in [3.8, 4) is 11.5 Å². The molecule has 6 rings (SSSR count). The number of piperidine rings is 1. The van der Waals surface area contributed by atoms with Crippen molar-refractivity contribution < 1.29 is 19.1 Å². The van der Waals surface area contributed by atoms with Crippen molar-refractivity contribution in [1.82, 2.24) is 14.9 Å². The quantitative estimate of drug-likeness (QED) is 0.681. The van der Waals surface area contributed by atoms with E-state index in [9.17, 15) is 9.59 Å². The highest BCUT2D eigenvalue weighted by Crippen LogP contribution is 2.66. The van der Waals surface area contributed by atoms with Crippen LogP contribution in [0.4, 0.5) is 0 Å². The molecule has 7 heteroatoms. The Morgan fingerprint density at radius 1 is 1.16 bits per heavy atom. The molecular weight excluding hydrogens is 394 g/mol. The molecule has 158 valence electrons. The summed E-state index contributed by atoms with van der Waals surface area (Å²) >= 11 is 0. The van der Waals surface area contributed by atoms with E-state index in [1.807, 2.05) is 26.0 Å². The molecule has 1 spiro atoms. The number of hydrogen-bond acceptors (Lipinski definition) is 4. The van der Waals surface area contributed by atoms with Crippen molar-refractivity contribution in [2.75, 3.05) is 20.8 Å². The highest BCUT2D eigenvalue weighted by molar-refractivity contribution is 6.09. The van der Waals surface area contributed by atoms with Crippen LogP contribution in [0.2, 0.25) is 0 Å². The van der Waals surface area contributed by atoms with Crippen molar-refractivity contribution >= 4 is 22.6 Å². The van der Waals surface area contributed by atoms with Gasteiger partial charge in [0, 0.05) is 40.4 Å². The van der Waals surface area contributed by atoms with Gasteiger partial charge in [0.15, 0.2) is 11.5 Å². The van der Waals surface area contributed by atoms with Crippen LogP contribution in [0.15, 0.2) is 30.0 Å². The molecule has 0 bridgehead atoms. The van der Waals surface area contributed by atoms with Gasteiger partial charge in [-0.25, -0.2) is 0 Å². The number of hydrogen-bond donors (Lipinski definition) is 2. The largest absolute Gasteiger partial charge is 0.493 e. The van der Waals surface area contributed by atoms with Gasteiger partial charge in [-0.3, -0.25) is 9.59 Å². The summed E-state index contributed by atoms with van der Waals surface area (Å²) in [5.41, 5.74) is 5.57. The third kappa shape index (κ3) is 2.18. The minimum Gasteiger partial charge on any atom is -0.493 e. The Bertz CT molecular complexity index is 1340. The molecule has 1 saturated heterocycles. The molecule has 7 nitrogen and oxygen atoms in total. The predicted molar refractivity (Wildman–Crippen MR) is 115 cm³/mol. The van der Waals surface area contributed by atoms with Gasteiger partial charge >= 0.3 is 0 Å². The van der Waals surface area contributed by atoms with Crippen LogP contribution in [-0.4, -0.2) is 47.3 Å². The SMILES string of the molecule is COc1cc2cc(C(=O)N3C[C@H]4C[C@@]45C3=CC(=O)c3[nH]c(C)cc35)[nH]c2c(C)c1OC. The Balaban J connectivity index is 1.42. The number of aromatic nitrogens is 2. The number of benzene rings is 1. The number of carbonyl (C=O) groups is 2. The Morgan fingerprint density at radius 3 is 2.71 bits per heavy atom. The lowest BCUT2D eigenvalue weighted by Crippen LogP contribution is -2.33. The summed E-state index contributed by atoms with van der Waals surface area (Å²) in [4.78, 5) is 34.6. The number of amides is 1. The number of ether oxygens (including phenoxy) is 2. The molecule has 1 aromatic carbocycles. The Morgan fingerprint density at radius 2 is 1.97 bits per heavy atom. The third-order valence-corrected chi connectivity index (χ3v) is 7.18. The average molecular weight is 417 g/mol. The molecule has 2 aromatic heterocycles. The van der Waals surface area contributed by atoms with E-state index in [2.05, 4.69) is 16.0 Å². The molecule has 3 aromatic rings. The summed E-state index contributed by atoms with van der Waals surface area (Å²) in [7, 11) is 3.20. The van der Waals surface area contributed by atoms with Gasteiger partial charge in [-0.2, -0.15) is 0 Å². The molecule has 2 N–H and O–H groups in total. The molecule has 3 heterocycles. The van der Waals surface area contributed by atoms with Crippen LogP contribution in [0.5, 0.6) is 11.5 Å². The summed E-state index contributed by atoms with van der Waals surface area (Å²) in [5.74, 6) is 1.46. The number of methoxy groups -OCH3 is 2. The lowest BCUT2D eigenvalue weighted by molar-refractivity contribution is 0.0806. The van der Waals surface area contributed by atoms with E-state index >= 15 is 0 Å². The van der Waals surface area contributed by atoms with Crippen LogP contribution in [0, 0.1) is 19.8 Å². The van der Waals surface area contributed by atoms with Crippen molar-refractivity contribution in [3.63, 3.8) is 0 Å². The molecule has 0 unspecified atom stereocenters. The van der Waals surface area contributed by atoms with Crippen LogP contribution in [0.3, 0.4) is 0 Å². The maximum Gasteiger partial charge on any atom is 0.274 e. The van der Waals surface area contributed by atoms with E-state index in [-0.39, 0.29) is 17.1 Å². The van der Waals surface area contributed by atoms with Crippen LogP contribution < -0.4 is 9.47 Å². The minimum absolute atomic E-state index is 0.0592. The Hall–Kier alpha value is -3.48. The van der Waals surface area contributed by atoms with Gasteiger partial charge in [-0.15, -0.1) is 0 Å². The molecule has 31 heavy (non-hydrogen) atoms. The number of aryl methyl sites for hydroxylation is 2. The number of ketones is 1. The number of nitrogens with one attached hydrogen (secondary N) is 2. The summed E-state index contributed by atoms with van der Waals surface area (Å²) in [6, 6.07) is 5.79. The standard InChI is InChI=1S/C24H23N3O4/c1-11-5-15-21(25-11)17(28)8-19-24(15)9-14(24)10-27(19)23(29)16-6-13-7-18(30-3)22(31-4)12(2)20(13)26-16/h5-8,14,25-26H,9-10H2,1-4H3/t14-,24-/m1/s1. The number of nitrogens with zero attached hydrogens (tertiary/aromatic N) is 1. The Labute approximate surface area is 179 Å². The topological polar surface area (TPSA) is 87.4 Å². The predicted octanol–water partition coefficient (Wildman–Crippen LogP) is 3.62. The maximum atomic E-state index is 13.6. The fraction of sp³-hybridized carbons (Fsp3) is 0.333. The summed E-state index contributed by atoms with van der Waals surface area (Å²) < 4.78 is 10.9. The first-order chi connectivity index (χ1) is 14.9. The highest BCUT2D eigenvalue weighted by Gasteiger charge is 2.67. The molecule has 3 aliphatic rings. The zero-order valence-corrected chi connectivity index (χ0v) is 17.9. The van der Waals surface area contributed by atoms with Gasteiger partial charge in [0.05, 0.1) is 25.4 Å². The van der Waals surface area contributed by atoms with Crippen LogP contribution in [0.1, 0.15) is 44.2 Å². The Kier molecular flexibility index (Phi) is 3.43. The lowest BCUT2D eigenvalue weighted by Gasteiger charge is -2.27. The van der Waals surface area contributed by atoms with Crippen LogP contribution >= 0.6 is 0 Å². The number of fused-ring (bicyclic) bond motifs is 2. The summed E-state index contributed by atoms with van der Waals surface area (Å²) in [5, 5.41) is 0.884. The fourth-order valence-electron chi connectivity index (χ4n) is 5.69. The molecule has 2 aliphatic carbocycles. The zero-order valence-electron chi connectivity index (χ0n) is 17.9. The number of rotatable bonds is 3. The fourth-order valence-corrected chi connectivity index (χ4v) is 5.69. The zero-order chi connectivity index (χ0) is 21.7. The van der Waals surface area contributed by atoms with E-state index in [0.29, 0.717) is 35.3 Å². The molecule has 1 aliphatic heterocycles. The second-order valence-electron chi connectivity index (χ2n) is 8.81. The molecule has 2 atom stereocenters. The van der Waals surface area contributed by atoms with Gasteiger partial charge < -0.3 is 24.3 Å². The number of allylic oxidation sites excluding steroid dienone is 2. The first-order valence-corrected chi connectivity index (χ1v) is 10.4. The van der Waals surface area contributed by atoms with Gasteiger partial charge in [0.2, 0.25) is 5.78 Å². The summed E-state index contributed by atoms with van der Waals surface area (Å²) in [6.07, 6.45) is 2.64. The number of likely N-dealkylation sites (tertiary alicyclic amines) is 1. The van der Waals surface area contributed by atoms with E-state index < -0.39 is 0 Å². The van der Waals surface area contributed by atoms with E-state index in [4.69, 9.17) is 9.47 Å². The number of aromatic amines is 2. The second kappa shape index (κ2) is 5.81. The van der Waals surface area contributed by atoms with Crippen molar-refractivity contribution in [3.05, 3.63) is 58.2 Å². The second-order valence-corrected chi connectivity index (χ2v) is 8.81. The van der Waals surface area contributed by atoms with Gasteiger partial charge in [0.25, 0.3) is 5.91 Å². The molecular formula is C24H23N3O4. The van der Waals surface area contributed by atoms with Crippen molar-refractivity contribution in [2.24, 2.45) is 5.92 Å². The van der Waals surface area contributed by atoms with Gasteiger partial charge in [-0.05, 0) is 49.9 Å². The molecule has 0 radical (unpaired) electrons. The maximum absolute atomic E-state index is 13.6. The van der Waals surface area contributed by atoms with Crippen molar-refractivity contribution in [2.45, 2.75) is 25.7 Å². The van der Waals surface area contributed by atoms with Gasteiger partial charge in [0.1, 0.15) is 5.69 Å². The molecule has 1 saturated carbocycles. The monoisotopic (exact) mass is 417 g/mol. The first-order valence-electron chi connectivity index (χ1n) is 10.4. The van der Waals surface area contributed by atoms with Crippen LogP contribution in [-0.2, 0) is 5.41 Å². The number of H-pyrrole nitrogens is 2. The lowest BCUT2D eigenvalue weighted by atomic mass is 9.85. The average Bonchev–Trinajstić information content (AvgIpc) is 3.07. The summed E-state index contributed by atoms with van der Waals surface area (Å²) in [6.45, 7) is 4.53. The highest BCUT2D eigenvalue weighted by atomic mass is 16.5. The van der Waals surface area contributed by atoms with E-state index in [1.54, 1.807) is 25.2 Å². The van der Waals surface area contributed by atoms with E-state index in [0.717, 1.165) is 39.8 Å². The van der Waals surface area contributed by atoms with Crippen LogP contribution in [0.25, 0.3) is 10.9 Å². The molecule has 1 amide bonds.